The fraction of sp³-hybridized carbons (Fsp3) is 0. The predicted octanol–water partition coefficient (Wildman–Crippen LogP) is 4.19. The molecule has 102 valence electrons. The Kier molecular flexibility index (Phi) is 3.46. The first-order valence-corrected chi connectivity index (χ1v) is 7.07. The van der Waals surface area contributed by atoms with Crippen molar-refractivity contribution in [1.29, 1.82) is 5.26 Å². The molecule has 1 aromatic heterocycles. The van der Waals surface area contributed by atoms with Crippen molar-refractivity contribution in [2.24, 2.45) is 0 Å². The zero-order valence-corrected chi connectivity index (χ0v) is 12.6. The Morgan fingerprint density at radius 1 is 1.14 bits per heavy atom. The topological polar surface area (TPSA) is 74.7 Å². The van der Waals surface area contributed by atoms with Gasteiger partial charge in [-0.3, -0.25) is 4.98 Å². The van der Waals surface area contributed by atoms with Gasteiger partial charge >= 0.3 is 0 Å². The lowest BCUT2D eigenvalue weighted by molar-refractivity contribution is 1.36. The van der Waals surface area contributed by atoms with Gasteiger partial charge in [0, 0.05) is 27.4 Å². The van der Waals surface area contributed by atoms with Crippen LogP contribution in [0.5, 0.6) is 0 Å². The van der Waals surface area contributed by atoms with Crippen molar-refractivity contribution in [2.45, 2.75) is 0 Å². The average Bonchev–Trinajstić information content (AvgIpc) is 2.50. The summed E-state index contributed by atoms with van der Waals surface area (Å²) in [5.74, 6) is 0. The minimum absolute atomic E-state index is 0.482. The number of nitrogens with two attached hydrogens (primary N) is 1. The van der Waals surface area contributed by atoms with Crippen molar-refractivity contribution >= 4 is 43.9 Å². The minimum atomic E-state index is 0.482. The summed E-state index contributed by atoms with van der Waals surface area (Å²) in [6.45, 7) is 0. The maximum absolute atomic E-state index is 9.30. The highest BCUT2D eigenvalue weighted by Crippen LogP contribution is 2.30. The Morgan fingerprint density at radius 3 is 2.62 bits per heavy atom. The first-order valence-electron chi connectivity index (χ1n) is 6.28. The molecule has 21 heavy (non-hydrogen) atoms. The number of nitriles is 1. The van der Waals surface area contributed by atoms with E-state index in [1.807, 2.05) is 36.4 Å². The Labute approximate surface area is 130 Å². The van der Waals surface area contributed by atoms with Crippen LogP contribution in [-0.2, 0) is 0 Å². The number of aromatic nitrogens is 1. The number of pyridine rings is 1. The van der Waals surface area contributed by atoms with Crippen LogP contribution in [0.25, 0.3) is 10.9 Å². The van der Waals surface area contributed by atoms with Crippen LogP contribution in [0.3, 0.4) is 0 Å². The molecule has 3 N–H and O–H groups in total. The number of nitrogens with one attached hydrogen (secondary N) is 1. The Morgan fingerprint density at radius 2 is 1.90 bits per heavy atom. The quantitative estimate of drug-likeness (QED) is 0.687. The number of fused-ring (bicyclic) bond motifs is 1. The SMILES string of the molecule is N#Cc1cnc2ccc(N)cc2c1Nc1ccc(Br)cc1. The fourth-order valence-electron chi connectivity index (χ4n) is 2.11. The van der Waals surface area contributed by atoms with E-state index in [9.17, 15) is 5.26 Å². The van der Waals surface area contributed by atoms with E-state index in [-0.39, 0.29) is 0 Å². The van der Waals surface area contributed by atoms with Crippen LogP contribution in [0, 0.1) is 11.3 Å². The van der Waals surface area contributed by atoms with Crippen LogP contribution >= 0.6 is 15.9 Å². The van der Waals surface area contributed by atoms with Gasteiger partial charge in [0.25, 0.3) is 0 Å². The molecule has 0 fully saturated rings. The van der Waals surface area contributed by atoms with Crippen molar-refractivity contribution in [3.8, 4) is 6.07 Å². The Balaban J connectivity index is 2.17. The van der Waals surface area contributed by atoms with E-state index >= 15 is 0 Å². The molecule has 0 spiro atoms. The zero-order chi connectivity index (χ0) is 14.8. The summed E-state index contributed by atoms with van der Waals surface area (Å²) in [4.78, 5) is 4.28. The van der Waals surface area contributed by atoms with Crippen molar-refractivity contribution in [3.63, 3.8) is 0 Å². The highest BCUT2D eigenvalue weighted by atomic mass is 79.9. The number of benzene rings is 2. The van der Waals surface area contributed by atoms with Crippen LogP contribution in [-0.4, -0.2) is 4.98 Å². The molecule has 0 radical (unpaired) electrons. The Bertz CT molecular complexity index is 851. The van der Waals surface area contributed by atoms with Gasteiger partial charge in [0.2, 0.25) is 0 Å². The van der Waals surface area contributed by atoms with Crippen molar-refractivity contribution in [2.75, 3.05) is 11.1 Å². The average molecular weight is 339 g/mol. The van der Waals surface area contributed by atoms with Gasteiger partial charge in [-0.05, 0) is 42.5 Å². The number of halogens is 1. The predicted molar refractivity (Wildman–Crippen MR) is 88.3 cm³/mol. The van der Waals surface area contributed by atoms with Crippen LogP contribution in [0.1, 0.15) is 5.56 Å². The van der Waals surface area contributed by atoms with Crippen LogP contribution in [0.2, 0.25) is 0 Å². The summed E-state index contributed by atoms with van der Waals surface area (Å²) < 4.78 is 0.998. The first kappa shape index (κ1) is 13.4. The summed E-state index contributed by atoms with van der Waals surface area (Å²) in [5, 5.41) is 13.4. The highest BCUT2D eigenvalue weighted by molar-refractivity contribution is 9.10. The van der Waals surface area contributed by atoms with Gasteiger partial charge in [0.1, 0.15) is 6.07 Å². The molecule has 2 aromatic carbocycles. The molecule has 0 saturated heterocycles. The van der Waals surface area contributed by atoms with Crippen molar-refractivity contribution in [1.82, 2.24) is 4.98 Å². The molecular formula is C16H11BrN4. The first-order chi connectivity index (χ1) is 10.2. The third-order valence-corrected chi connectivity index (χ3v) is 3.65. The van der Waals surface area contributed by atoms with Crippen LogP contribution in [0.15, 0.2) is 53.1 Å². The molecule has 0 aliphatic carbocycles. The summed E-state index contributed by atoms with van der Waals surface area (Å²) >= 11 is 3.40. The molecule has 3 rings (SSSR count). The number of nitrogens with zero attached hydrogens (tertiary/aromatic N) is 2. The van der Waals surface area contributed by atoms with E-state index in [1.54, 1.807) is 12.3 Å². The third-order valence-electron chi connectivity index (χ3n) is 3.13. The van der Waals surface area contributed by atoms with Gasteiger partial charge < -0.3 is 11.1 Å². The molecule has 0 aliphatic heterocycles. The number of hydrogen-bond acceptors (Lipinski definition) is 4. The normalized spacial score (nSPS) is 10.3. The lowest BCUT2D eigenvalue weighted by Crippen LogP contribution is -1.97. The largest absolute Gasteiger partial charge is 0.399 e. The summed E-state index contributed by atoms with van der Waals surface area (Å²) in [6.07, 6.45) is 1.57. The zero-order valence-electron chi connectivity index (χ0n) is 11.0. The maximum atomic E-state index is 9.30. The molecule has 4 nitrogen and oxygen atoms in total. The van der Waals surface area contributed by atoms with Crippen molar-refractivity contribution in [3.05, 3.63) is 58.7 Å². The molecule has 5 heteroatoms. The maximum Gasteiger partial charge on any atom is 0.103 e. The van der Waals surface area contributed by atoms with Gasteiger partial charge in [-0.1, -0.05) is 15.9 Å². The second kappa shape index (κ2) is 5.43. The fourth-order valence-corrected chi connectivity index (χ4v) is 2.37. The minimum Gasteiger partial charge on any atom is -0.399 e. The van der Waals surface area contributed by atoms with Crippen LogP contribution < -0.4 is 11.1 Å². The van der Waals surface area contributed by atoms with E-state index in [0.717, 1.165) is 26.8 Å². The summed E-state index contributed by atoms with van der Waals surface area (Å²) in [5.41, 5.74) is 9.38. The molecule has 0 saturated carbocycles. The van der Waals surface area contributed by atoms with E-state index in [0.29, 0.717) is 11.3 Å². The number of rotatable bonds is 2. The van der Waals surface area contributed by atoms with E-state index in [4.69, 9.17) is 5.73 Å². The van der Waals surface area contributed by atoms with E-state index in [2.05, 4.69) is 32.3 Å². The standard InChI is InChI=1S/C16H11BrN4/c17-11-1-4-13(5-2-11)21-16-10(8-18)9-20-15-6-3-12(19)7-14(15)16/h1-7,9H,19H2,(H,20,21). The molecule has 1 heterocycles. The van der Waals surface area contributed by atoms with E-state index < -0.39 is 0 Å². The third kappa shape index (κ3) is 2.67. The van der Waals surface area contributed by atoms with Crippen LogP contribution in [0.4, 0.5) is 17.1 Å². The lowest BCUT2D eigenvalue weighted by atomic mass is 10.1. The lowest BCUT2D eigenvalue weighted by Gasteiger charge is -2.12. The number of nitrogen functional groups attached to an aromatic ring is 1. The highest BCUT2D eigenvalue weighted by Gasteiger charge is 2.09. The number of hydrogen-bond donors (Lipinski definition) is 2. The molecular weight excluding hydrogens is 328 g/mol. The van der Waals surface area contributed by atoms with Gasteiger partial charge in [-0.25, -0.2) is 0 Å². The smallest absolute Gasteiger partial charge is 0.103 e. The molecule has 0 aliphatic rings. The monoisotopic (exact) mass is 338 g/mol. The number of anilines is 3. The van der Waals surface area contributed by atoms with Gasteiger partial charge in [-0.2, -0.15) is 5.26 Å². The Hall–Kier alpha value is -2.58. The second-order valence-electron chi connectivity index (χ2n) is 4.57. The molecule has 0 atom stereocenters. The van der Waals surface area contributed by atoms with Gasteiger partial charge in [0.15, 0.2) is 0 Å². The molecule has 0 unspecified atom stereocenters. The molecule has 0 amide bonds. The van der Waals surface area contributed by atoms with Gasteiger partial charge in [-0.15, -0.1) is 0 Å². The summed E-state index contributed by atoms with van der Waals surface area (Å²) in [6, 6.07) is 15.4. The second-order valence-corrected chi connectivity index (χ2v) is 5.48. The molecule has 3 aromatic rings. The van der Waals surface area contributed by atoms with E-state index in [1.165, 1.54) is 0 Å². The van der Waals surface area contributed by atoms with Crippen molar-refractivity contribution < 1.29 is 0 Å². The summed E-state index contributed by atoms with van der Waals surface area (Å²) in [7, 11) is 0. The molecule has 0 bridgehead atoms. The van der Waals surface area contributed by atoms with Gasteiger partial charge in [0.05, 0.1) is 16.8 Å².